The van der Waals surface area contributed by atoms with Crippen molar-refractivity contribution in [1.82, 2.24) is 5.32 Å². The molecule has 1 N–H and O–H groups in total. The first kappa shape index (κ1) is 14.5. The zero-order valence-electron chi connectivity index (χ0n) is 10.6. The first-order valence-corrected chi connectivity index (χ1v) is 7.25. The van der Waals surface area contributed by atoms with Gasteiger partial charge in [-0.3, -0.25) is 4.79 Å². The summed E-state index contributed by atoms with van der Waals surface area (Å²) in [6.45, 7) is 1.76. The van der Waals surface area contributed by atoms with Crippen molar-refractivity contribution in [3.8, 4) is 0 Å². The molecule has 2 rings (SSSR count). The number of aryl methyl sites for hydroxylation is 1. The molecule has 5 heteroatoms. The molecule has 1 heterocycles. The van der Waals surface area contributed by atoms with E-state index in [4.69, 9.17) is 4.74 Å². The zero-order valence-corrected chi connectivity index (χ0v) is 12.2. The molecule has 1 aromatic carbocycles. The van der Waals surface area contributed by atoms with Gasteiger partial charge in [-0.1, -0.05) is 22.0 Å². The van der Waals surface area contributed by atoms with Gasteiger partial charge in [0, 0.05) is 17.6 Å². The van der Waals surface area contributed by atoms with Gasteiger partial charge in [-0.05, 0) is 37.0 Å². The molecule has 1 atom stereocenters. The predicted molar refractivity (Wildman–Crippen MR) is 74.4 cm³/mol. The van der Waals surface area contributed by atoms with Gasteiger partial charge in [0.1, 0.15) is 5.82 Å². The fourth-order valence-corrected chi connectivity index (χ4v) is 2.43. The van der Waals surface area contributed by atoms with Gasteiger partial charge in [-0.2, -0.15) is 0 Å². The van der Waals surface area contributed by atoms with E-state index in [1.165, 1.54) is 6.07 Å². The van der Waals surface area contributed by atoms with Crippen LogP contribution < -0.4 is 5.32 Å². The third-order valence-electron chi connectivity index (χ3n) is 3.24. The largest absolute Gasteiger partial charge is 0.381 e. The standard InChI is InChI=1S/C14H17BrFNO2/c15-12-4-3-10(13(16)8-12)2-1-6-17-14(18)11-5-7-19-9-11/h3-4,8,11H,1-2,5-7,9H2,(H,17,18)/t11-/m0/s1. The van der Waals surface area contributed by atoms with Crippen molar-refractivity contribution in [2.75, 3.05) is 19.8 Å². The molecule has 0 aliphatic carbocycles. The van der Waals surface area contributed by atoms with E-state index in [9.17, 15) is 9.18 Å². The highest BCUT2D eigenvalue weighted by Crippen LogP contribution is 2.16. The first-order chi connectivity index (χ1) is 9.16. The minimum Gasteiger partial charge on any atom is -0.381 e. The highest BCUT2D eigenvalue weighted by Gasteiger charge is 2.22. The number of benzene rings is 1. The van der Waals surface area contributed by atoms with Crippen molar-refractivity contribution in [3.05, 3.63) is 34.1 Å². The lowest BCUT2D eigenvalue weighted by molar-refractivity contribution is -0.124. The average Bonchev–Trinajstić information content (AvgIpc) is 2.90. The van der Waals surface area contributed by atoms with Crippen molar-refractivity contribution in [2.24, 2.45) is 5.92 Å². The number of nitrogens with one attached hydrogen (secondary N) is 1. The van der Waals surface area contributed by atoms with E-state index in [0.717, 1.165) is 17.3 Å². The lowest BCUT2D eigenvalue weighted by atomic mass is 10.1. The Bertz CT molecular complexity index is 447. The topological polar surface area (TPSA) is 38.3 Å². The Kier molecular flexibility index (Phi) is 5.34. The molecule has 0 unspecified atom stereocenters. The van der Waals surface area contributed by atoms with Gasteiger partial charge in [-0.25, -0.2) is 4.39 Å². The van der Waals surface area contributed by atoms with Crippen molar-refractivity contribution in [3.63, 3.8) is 0 Å². The molecular weight excluding hydrogens is 313 g/mol. The van der Waals surface area contributed by atoms with Crippen molar-refractivity contribution in [1.29, 1.82) is 0 Å². The summed E-state index contributed by atoms with van der Waals surface area (Å²) in [6, 6.07) is 5.06. The molecule has 1 aliphatic rings. The summed E-state index contributed by atoms with van der Waals surface area (Å²) in [5, 5.41) is 2.88. The molecule has 104 valence electrons. The first-order valence-electron chi connectivity index (χ1n) is 6.46. The number of amides is 1. The van der Waals surface area contributed by atoms with Gasteiger partial charge in [0.25, 0.3) is 0 Å². The molecule has 1 aliphatic heterocycles. The van der Waals surface area contributed by atoms with Crippen LogP contribution in [0.1, 0.15) is 18.4 Å². The van der Waals surface area contributed by atoms with E-state index in [-0.39, 0.29) is 17.6 Å². The molecule has 0 aromatic heterocycles. The quantitative estimate of drug-likeness (QED) is 0.843. The van der Waals surface area contributed by atoms with Crippen LogP contribution in [0.4, 0.5) is 4.39 Å². The molecule has 1 saturated heterocycles. The summed E-state index contributed by atoms with van der Waals surface area (Å²) in [7, 11) is 0. The second kappa shape index (κ2) is 7.01. The van der Waals surface area contributed by atoms with Gasteiger partial charge in [-0.15, -0.1) is 0 Å². The lowest BCUT2D eigenvalue weighted by Gasteiger charge is -2.09. The summed E-state index contributed by atoms with van der Waals surface area (Å²) in [5.41, 5.74) is 0.682. The van der Waals surface area contributed by atoms with Crippen LogP contribution in [0.25, 0.3) is 0 Å². The Hall–Kier alpha value is -0.940. The van der Waals surface area contributed by atoms with Crippen LogP contribution >= 0.6 is 15.9 Å². The van der Waals surface area contributed by atoms with Crippen LogP contribution in [0.2, 0.25) is 0 Å². The van der Waals surface area contributed by atoms with Crippen molar-refractivity contribution < 1.29 is 13.9 Å². The van der Waals surface area contributed by atoms with Crippen LogP contribution in [-0.4, -0.2) is 25.7 Å². The van der Waals surface area contributed by atoms with Gasteiger partial charge in [0.15, 0.2) is 0 Å². The molecule has 1 amide bonds. The molecule has 0 bridgehead atoms. The maximum absolute atomic E-state index is 13.5. The highest BCUT2D eigenvalue weighted by molar-refractivity contribution is 9.10. The number of rotatable bonds is 5. The minimum atomic E-state index is -0.204. The van der Waals surface area contributed by atoms with Gasteiger partial charge in [0.2, 0.25) is 5.91 Å². The number of ether oxygens (including phenoxy) is 1. The van der Waals surface area contributed by atoms with Crippen LogP contribution in [0.3, 0.4) is 0 Å². The van der Waals surface area contributed by atoms with E-state index >= 15 is 0 Å². The SMILES string of the molecule is O=C(NCCCc1ccc(Br)cc1F)[C@H]1CCOC1. The van der Waals surface area contributed by atoms with E-state index in [2.05, 4.69) is 21.2 Å². The smallest absolute Gasteiger partial charge is 0.225 e. The van der Waals surface area contributed by atoms with Crippen molar-refractivity contribution in [2.45, 2.75) is 19.3 Å². The third-order valence-corrected chi connectivity index (χ3v) is 3.73. The Morgan fingerprint density at radius 2 is 2.37 bits per heavy atom. The second-order valence-corrected chi connectivity index (χ2v) is 5.61. The lowest BCUT2D eigenvalue weighted by Crippen LogP contribution is -2.31. The summed E-state index contributed by atoms with van der Waals surface area (Å²) in [4.78, 5) is 11.7. The Morgan fingerprint density at radius 3 is 3.05 bits per heavy atom. The molecule has 19 heavy (non-hydrogen) atoms. The normalized spacial score (nSPS) is 18.5. The van der Waals surface area contributed by atoms with Gasteiger partial charge in [0.05, 0.1) is 12.5 Å². The number of hydrogen-bond donors (Lipinski definition) is 1. The molecule has 1 aromatic rings. The molecular formula is C14H17BrFNO2. The van der Waals surface area contributed by atoms with Crippen LogP contribution in [0, 0.1) is 11.7 Å². The van der Waals surface area contributed by atoms with E-state index in [0.29, 0.717) is 31.7 Å². The average molecular weight is 330 g/mol. The maximum atomic E-state index is 13.5. The zero-order chi connectivity index (χ0) is 13.7. The monoisotopic (exact) mass is 329 g/mol. The predicted octanol–water partition coefficient (Wildman–Crippen LogP) is 2.67. The minimum absolute atomic E-state index is 0.00980. The fraction of sp³-hybridized carbons (Fsp3) is 0.500. The summed E-state index contributed by atoms with van der Waals surface area (Å²) in [5.74, 6) is -0.164. The Morgan fingerprint density at radius 1 is 1.53 bits per heavy atom. The summed E-state index contributed by atoms with van der Waals surface area (Å²) in [6.07, 6.45) is 2.16. The number of carbonyl (C=O) groups excluding carboxylic acids is 1. The maximum Gasteiger partial charge on any atom is 0.225 e. The third kappa shape index (κ3) is 4.28. The number of halogens is 2. The van der Waals surface area contributed by atoms with Crippen molar-refractivity contribution >= 4 is 21.8 Å². The number of hydrogen-bond acceptors (Lipinski definition) is 2. The summed E-state index contributed by atoms with van der Waals surface area (Å²) < 4.78 is 19.5. The Balaban J connectivity index is 1.70. The molecule has 0 radical (unpaired) electrons. The molecule has 3 nitrogen and oxygen atoms in total. The Labute approximate surface area is 120 Å². The van der Waals surface area contributed by atoms with Gasteiger partial charge < -0.3 is 10.1 Å². The van der Waals surface area contributed by atoms with E-state index in [1.54, 1.807) is 6.07 Å². The van der Waals surface area contributed by atoms with Crippen LogP contribution in [-0.2, 0) is 16.0 Å². The highest BCUT2D eigenvalue weighted by atomic mass is 79.9. The second-order valence-electron chi connectivity index (χ2n) is 4.69. The molecule has 0 saturated carbocycles. The van der Waals surface area contributed by atoms with Crippen LogP contribution in [0.15, 0.2) is 22.7 Å². The van der Waals surface area contributed by atoms with E-state index in [1.807, 2.05) is 6.07 Å². The number of carbonyl (C=O) groups is 1. The van der Waals surface area contributed by atoms with E-state index < -0.39 is 0 Å². The summed E-state index contributed by atoms with van der Waals surface area (Å²) >= 11 is 3.23. The fourth-order valence-electron chi connectivity index (χ4n) is 2.10. The molecule has 1 fully saturated rings. The van der Waals surface area contributed by atoms with Gasteiger partial charge >= 0.3 is 0 Å². The molecule has 0 spiro atoms. The van der Waals surface area contributed by atoms with Crippen LogP contribution in [0.5, 0.6) is 0 Å².